The molecule has 0 spiro atoms. The predicted molar refractivity (Wildman–Crippen MR) is 230 cm³/mol. The Bertz CT molecular complexity index is 2430. The Labute approximate surface area is 370 Å². The number of likely N-dealkylation sites (tertiary alicyclic amines) is 2. The highest BCUT2D eigenvalue weighted by molar-refractivity contribution is 5.88. The van der Waals surface area contributed by atoms with Gasteiger partial charge in [-0.15, -0.1) is 0 Å². The summed E-state index contributed by atoms with van der Waals surface area (Å²) < 4.78 is 20.9. The highest BCUT2D eigenvalue weighted by atomic mass is 16.5. The quantitative estimate of drug-likeness (QED) is 0.145. The Hall–Kier alpha value is -6.25. The number of methoxy groups -OCH3 is 2. The fraction of sp³-hybridized carbons (Fsp3) is 0.511. The summed E-state index contributed by atoms with van der Waals surface area (Å²) >= 11 is 0. The molecule has 2 aromatic carbocycles. The first-order valence-electron chi connectivity index (χ1n) is 22.5. The summed E-state index contributed by atoms with van der Waals surface area (Å²) in [6, 6.07) is 16.6. The van der Waals surface area contributed by atoms with Gasteiger partial charge in [0, 0.05) is 44.1 Å². The Morgan fingerprint density at radius 3 is 1.64 bits per heavy atom. The lowest BCUT2D eigenvalue weighted by molar-refractivity contribution is -0.138. The van der Waals surface area contributed by atoms with Crippen LogP contribution in [-0.4, -0.2) is 119 Å². The third kappa shape index (κ3) is 7.98. The monoisotopic (exact) mass is 871 g/mol. The maximum atomic E-state index is 14.3. The van der Waals surface area contributed by atoms with Crippen molar-refractivity contribution in [3.63, 3.8) is 0 Å². The molecule has 334 valence electrons. The molecule has 0 bridgehead atoms. The number of hydrogen-bond acceptors (Lipinski definition) is 11. The molecular formula is C47H53N9O8. The summed E-state index contributed by atoms with van der Waals surface area (Å²) in [6.07, 6.45) is 6.67. The first-order chi connectivity index (χ1) is 31.2. The van der Waals surface area contributed by atoms with Gasteiger partial charge in [-0.25, -0.2) is 19.6 Å². The first kappa shape index (κ1) is 41.7. The molecule has 0 radical (unpaired) electrons. The normalized spacial score (nSPS) is 26.0. The third-order valence-electron chi connectivity index (χ3n) is 14.4. The molecule has 2 saturated carbocycles. The van der Waals surface area contributed by atoms with E-state index < -0.39 is 24.3 Å². The molecule has 64 heavy (non-hydrogen) atoms. The Morgan fingerprint density at radius 2 is 1.16 bits per heavy atom. The van der Waals surface area contributed by atoms with Gasteiger partial charge in [0.05, 0.1) is 43.9 Å². The number of amides is 4. The molecule has 4 N–H and O–H groups in total. The van der Waals surface area contributed by atoms with Gasteiger partial charge in [-0.3, -0.25) is 9.59 Å². The van der Waals surface area contributed by atoms with E-state index >= 15 is 0 Å². The number of aromatic amines is 2. The van der Waals surface area contributed by atoms with Gasteiger partial charge in [0.15, 0.2) is 5.69 Å². The fourth-order valence-corrected chi connectivity index (χ4v) is 10.8. The average molecular weight is 872 g/mol. The van der Waals surface area contributed by atoms with E-state index in [1.165, 1.54) is 14.2 Å². The molecule has 4 aromatic rings. The summed E-state index contributed by atoms with van der Waals surface area (Å²) in [5.74, 6) is 1.71. The molecule has 4 amide bonds. The minimum absolute atomic E-state index is 0.0353. The number of H-pyrrole nitrogens is 2. The number of nitrogens with one attached hydrogen (secondary N) is 4. The number of nitrogens with zero attached hydrogens (tertiary/aromatic N) is 5. The Morgan fingerprint density at radius 1 is 0.688 bits per heavy atom. The number of nitriles is 1. The third-order valence-corrected chi connectivity index (χ3v) is 14.4. The smallest absolute Gasteiger partial charge is 0.407 e. The SMILES string of the molecule is COC(=O)N[C@H](C(=O)N1C2CC2C[C@H]1c1ncc(-c2ccc(-c3ccc(-c4[nH]c([C@@H]5CC6CC6N5C(=O)[C@@H](NC(=O)OC)C5CCOCC5)nc4C#N)cc3)cc2)[nH]1)C1CCOCC1. The van der Waals surface area contributed by atoms with Gasteiger partial charge < -0.3 is 49.3 Å². The number of imidazole rings is 2. The summed E-state index contributed by atoms with van der Waals surface area (Å²) in [7, 11) is 2.61. The predicted octanol–water partition coefficient (Wildman–Crippen LogP) is 5.63. The van der Waals surface area contributed by atoms with E-state index in [-0.39, 0.29) is 53.5 Å². The van der Waals surface area contributed by atoms with E-state index in [0.29, 0.717) is 75.5 Å². The minimum atomic E-state index is -0.744. The van der Waals surface area contributed by atoms with Crippen LogP contribution < -0.4 is 10.6 Å². The lowest BCUT2D eigenvalue weighted by atomic mass is 9.90. The van der Waals surface area contributed by atoms with Gasteiger partial charge in [-0.1, -0.05) is 48.5 Å². The van der Waals surface area contributed by atoms with Crippen LogP contribution in [0.2, 0.25) is 0 Å². The number of piperidine rings is 2. The van der Waals surface area contributed by atoms with Crippen LogP contribution in [0.15, 0.2) is 54.7 Å². The number of carbonyl (C=O) groups excluding carboxylic acids is 4. The standard InChI is InChI=1S/C47H53N9O8/c1-61-46(59)53-40(29-11-15-63-16-12-29)44(57)55-35-19-31(35)21-37(55)42-49-24-34(51-42)27-7-3-25(4-8-27)26-5-9-28(10-6-26)39-33(23-48)50-43(52-39)38-22-32-20-36(32)56(38)45(58)41(54-47(60)62-2)30-13-17-64-18-14-30/h3-10,24,29-32,35-38,40-41H,11-22H2,1-2H3,(H,49,51)(H,50,52)(H,53,59)(H,54,60)/t31?,32?,35?,36?,37-,38-,40-,41-/m0/s1. The van der Waals surface area contributed by atoms with Crippen molar-refractivity contribution < 1.29 is 38.1 Å². The van der Waals surface area contributed by atoms with Gasteiger partial charge in [0.25, 0.3) is 0 Å². The van der Waals surface area contributed by atoms with Crippen molar-refractivity contribution in [1.29, 1.82) is 5.26 Å². The summed E-state index contributed by atoms with van der Waals surface area (Å²) in [5, 5.41) is 15.9. The molecule has 2 aliphatic carbocycles. The first-order valence-corrected chi connectivity index (χ1v) is 22.5. The van der Waals surface area contributed by atoms with Crippen LogP contribution >= 0.6 is 0 Å². The van der Waals surface area contributed by atoms with Gasteiger partial charge in [-0.2, -0.15) is 5.26 Å². The van der Waals surface area contributed by atoms with Crippen molar-refractivity contribution in [2.45, 2.75) is 87.6 Å². The van der Waals surface area contributed by atoms with Crippen molar-refractivity contribution >= 4 is 24.0 Å². The van der Waals surface area contributed by atoms with Crippen molar-refractivity contribution in [2.24, 2.45) is 23.7 Å². The average Bonchev–Trinajstić information content (AvgIpc) is 3.96. The van der Waals surface area contributed by atoms with Gasteiger partial charge >= 0.3 is 12.2 Å². The molecule has 8 atom stereocenters. The summed E-state index contributed by atoms with van der Waals surface area (Å²) in [6.45, 7) is 2.17. The molecule has 17 heteroatoms. The van der Waals surface area contributed by atoms with E-state index in [4.69, 9.17) is 28.9 Å². The second-order valence-electron chi connectivity index (χ2n) is 18.0. The zero-order valence-electron chi connectivity index (χ0n) is 36.0. The van der Waals surface area contributed by atoms with Crippen LogP contribution in [0, 0.1) is 35.0 Å². The topological polar surface area (TPSA) is 217 Å². The number of rotatable bonds is 11. The van der Waals surface area contributed by atoms with E-state index in [2.05, 4.69) is 38.8 Å². The van der Waals surface area contributed by atoms with Crippen LogP contribution in [0.3, 0.4) is 0 Å². The molecule has 6 fully saturated rings. The van der Waals surface area contributed by atoms with E-state index in [1.807, 2.05) is 52.4 Å². The van der Waals surface area contributed by atoms with E-state index in [0.717, 1.165) is 59.5 Å². The van der Waals surface area contributed by atoms with Crippen molar-refractivity contribution in [2.75, 3.05) is 40.6 Å². The second kappa shape index (κ2) is 17.4. The summed E-state index contributed by atoms with van der Waals surface area (Å²) in [5.41, 5.74) is 5.44. The molecule has 10 rings (SSSR count). The maximum Gasteiger partial charge on any atom is 0.407 e. The Balaban J connectivity index is 0.828. The van der Waals surface area contributed by atoms with Crippen LogP contribution in [-0.2, 0) is 28.5 Å². The number of carbonyl (C=O) groups is 4. The zero-order chi connectivity index (χ0) is 44.1. The van der Waals surface area contributed by atoms with E-state index in [9.17, 15) is 24.4 Å². The van der Waals surface area contributed by atoms with Crippen LogP contribution in [0.1, 0.15) is 80.8 Å². The zero-order valence-corrected chi connectivity index (χ0v) is 36.0. The van der Waals surface area contributed by atoms with Crippen molar-refractivity contribution in [3.8, 4) is 39.7 Å². The van der Waals surface area contributed by atoms with Crippen LogP contribution in [0.5, 0.6) is 0 Å². The maximum absolute atomic E-state index is 14.3. The van der Waals surface area contributed by atoms with Crippen molar-refractivity contribution in [1.82, 2.24) is 40.4 Å². The number of benzene rings is 2. The Kier molecular flexibility index (Phi) is 11.3. The number of hydrogen-bond donors (Lipinski definition) is 4. The summed E-state index contributed by atoms with van der Waals surface area (Å²) in [4.78, 5) is 73.6. The van der Waals surface area contributed by atoms with E-state index in [1.54, 1.807) is 0 Å². The lowest BCUT2D eigenvalue weighted by Crippen LogP contribution is -2.54. The van der Waals surface area contributed by atoms with Gasteiger partial charge in [0.1, 0.15) is 29.8 Å². The molecule has 6 heterocycles. The molecule has 2 aromatic heterocycles. The number of aromatic nitrogens is 4. The second-order valence-corrected chi connectivity index (χ2v) is 18.0. The highest BCUT2D eigenvalue weighted by Crippen LogP contribution is 2.55. The number of ether oxygens (including phenoxy) is 4. The van der Waals surface area contributed by atoms with Gasteiger partial charge in [-0.05, 0) is 91.7 Å². The largest absolute Gasteiger partial charge is 0.453 e. The minimum Gasteiger partial charge on any atom is -0.453 e. The molecule has 6 aliphatic rings. The fourth-order valence-electron chi connectivity index (χ4n) is 10.8. The molecule has 4 unspecified atom stereocenters. The molecule has 4 saturated heterocycles. The van der Waals surface area contributed by atoms with Crippen molar-refractivity contribution in [3.05, 3.63) is 72.1 Å². The van der Waals surface area contributed by atoms with Crippen LogP contribution in [0.4, 0.5) is 9.59 Å². The number of alkyl carbamates (subject to hydrolysis) is 2. The lowest BCUT2D eigenvalue weighted by Gasteiger charge is -2.35. The molecule has 17 nitrogen and oxygen atoms in total. The highest BCUT2D eigenvalue weighted by Gasteiger charge is 2.58. The van der Waals surface area contributed by atoms with Gasteiger partial charge in [0.2, 0.25) is 11.8 Å². The molecular weight excluding hydrogens is 819 g/mol. The van der Waals surface area contributed by atoms with Crippen LogP contribution in [0.25, 0.3) is 33.6 Å². The number of fused-ring (bicyclic) bond motifs is 2. The molecule has 4 aliphatic heterocycles.